The quantitative estimate of drug-likeness (QED) is 0.898. The molecule has 21 heavy (non-hydrogen) atoms. The minimum absolute atomic E-state index is 0. The number of nitrogens with one attached hydrogen (secondary N) is 1. The summed E-state index contributed by atoms with van der Waals surface area (Å²) in [6.07, 6.45) is 4.96. The number of nitrogens with zero attached hydrogens (tertiary/aromatic N) is 1. The number of halogens is 3. The normalized spacial score (nSPS) is 22.0. The molecule has 1 atom stereocenters. The number of hydrogen-bond donors (Lipinski definition) is 1. The zero-order valence-corrected chi connectivity index (χ0v) is 13.7. The fourth-order valence-electron chi connectivity index (χ4n) is 3.72. The molecule has 0 bridgehead atoms. The second-order valence-electron chi connectivity index (χ2n) is 5.94. The van der Waals surface area contributed by atoms with Crippen LogP contribution in [0.5, 0.6) is 0 Å². The van der Waals surface area contributed by atoms with Gasteiger partial charge in [0.2, 0.25) is 0 Å². The molecule has 1 saturated carbocycles. The molecule has 0 unspecified atom stereocenters. The summed E-state index contributed by atoms with van der Waals surface area (Å²) in [7, 11) is 0. The van der Waals surface area contributed by atoms with E-state index in [4.69, 9.17) is 11.6 Å². The van der Waals surface area contributed by atoms with E-state index in [0.717, 1.165) is 31.7 Å². The predicted molar refractivity (Wildman–Crippen MR) is 87.8 cm³/mol. The minimum atomic E-state index is -0.107. The van der Waals surface area contributed by atoms with Gasteiger partial charge in [0.05, 0.1) is 0 Å². The highest BCUT2D eigenvalue weighted by atomic mass is 35.5. The lowest BCUT2D eigenvalue weighted by atomic mass is 9.89. The van der Waals surface area contributed by atoms with Crippen LogP contribution in [-0.4, -0.2) is 31.1 Å². The Morgan fingerprint density at radius 2 is 1.86 bits per heavy atom. The zero-order chi connectivity index (χ0) is 13.9. The van der Waals surface area contributed by atoms with Crippen molar-refractivity contribution in [3.8, 4) is 0 Å². The Morgan fingerprint density at radius 1 is 1.19 bits per heavy atom. The zero-order valence-electron chi connectivity index (χ0n) is 12.2. The van der Waals surface area contributed by atoms with Crippen molar-refractivity contribution in [2.24, 2.45) is 5.92 Å². The van der Waals surface area contributed by atoms with E-state index in [2.05, 4.69) is 10.2 Å². The first-order chi connectivity index (χ1) is 9.75. The first kappa shape index (κ1) is 17.0. The molecule has 1 aromatic rings. The van der Waals surface area contributed by atoms with Crippen molar-refractivity contribution >= 4 is 24.0 Å². The summed E-state index contributed by atoms with van der Waals surface area (Å²) in [5.41, 5.74) is 0.798. The molecule has 2 aliphatic rings. The molecule has 1 aliphatic heterocycles. The maximum atomic E-state index is 14.3. The molecular formula is C16H23Cl2FN2. The van der Waals surface area contributed by atoms with Gasteiger partial charge in [-0.15, -0.1) is 12.4 Å². The van der Waals surface area contributed by atoms with Crippen molar-refractivity contribution in [3.63, 3.8) is 0 Å². The van der Waals surface area contributed by atoms with Gasteiger partial charge in [0.1, 0.15) is 5.82 Å². The van der Waals surface area contributed by atoms with E-state index < -0.39 is 0 Å². The minimum Gasteiger partial charge on any atom is -0.314 e. The van der Waals surface area contributed by atoms with Crippen LogP contribution in [0, 0.1) is 11.7 Å². The maximum Gasteiger partial charge on any atom is 0.128 e. The Hall–Kier alpha value is -0.350. The summed E-state index contributed by atoms with van der Waals surface area (Å²) in [6, 6.07) is 5.19. The van der Waals surface area contributed by atoms with Crippen molar-refractivity contribution in [2.45, 2.75) is 31.7 Å². The van der Waals surface area contributed by atoms with Gasteiger partial charge < -0.3 is 5.32 Å². The summed E-state index contributed by atoms with van der Waals surface area (Å²) in [5.74, 6) is 0.464. The van der Waals surface area contributed by atoms with E-state index >= 15 is 0 Å². The first-order valence-electron chi connectivity index (χ1n) is 7.65. The van der Waals surface area contributed by atoms with Crippen LogP contribution in [0.15, 0.2) is 18.2 Å². The molecule has 2 fully saturated rings. The molecule has 1 heterocycles. The van der Waals surface area contributed by atoms with E-state index in [9.17, 15) is 4.39 Å². The average Bonchev–Trinajstić information content (AvgIpc) is 2.98. The Balaban J connectivity index is 0.00000161. The SMILES string of the molecule is Cl.Fc1ccc(Cl)cc1[C@@H](C1CCCC1)N1CCNCC1. The second kappa shape index (κ2) is 7.77. The predicted octanol–water partition coefficient (Wildman–Crippen LogP) is 4.04. The molecular weight excluding hydrogens is 310 g/mol. The summed E-state index contributed by atoms with van der Waals surface area (Å²) in [5, 5.41) is 4.01. The molecule has 1 N–H and O–H groups in total. The highest BCUT2D eigenvalue weighted by Crippen LogP contribution is 2.41. The van der Waals surface area contributed by atoms with Gasteiger partial charge in [0, 0.05) is 42.8 Å². The van der Waals surface area contributed by atoms with Gasteiger partial charge in [-0.3, -0.25) is 4.90 Å². The fourth-order valence-corrected chi connectivity index (χ4v) is 3.90. The van der Waals surface area contributed by atoms with E-state index in [1.54, 1.807) is 6.07 Å². The lowest BCUT2D eigenvalue weighted by molar-refractivity contribution is 0.122. The van der Waals surface area contributed by atoms with Crippen molar-refractivity contribution < 1.29 is 4.39 Å². The Kier molecular flexibility index (Phi) is 6.30. The van der Waals surface area contributed by atoms with Gasteiger partial charge in [-0.05, 0) is 37.0 Å². The molecule has 118 valence electrons. The molecule has 0 spiro atoms. The molecule has 0 amide bonds. The number of benzene rings is 1. The largest absolute Gasteiger partial charge is 0.314 e. The Labute approximate surface area is 137 Å². The molecule has 2 nitrogen and oxygen atoms in total. The molecule has 5 heteroatoms. The summed E-state index contributed by atoms with van der Waals surface area (Å²) in [4.78, 5) is 2.45. The molecule has 1 saturated heterocycles. The first-order valence-corrected chi connectivity index (χ1v) is 8.03. The third-order valence-corrected chi connectivity index (χ3v) is 4.90. The van der Waals surface area contributed by atoms with Crippen LogP contribution in [0.25, 0.3) is 0 Å². The van der Waals surface area contributed by atoms with Gasteiger partial charge in [0.15, 0.2) is 0 Å². The van der Waals surface area contributed by atoms with Crippen molar-refractivity contribution in [3.05, 3.63) is 34.6 Å². The average molecular weight is 333 g/mol. The monoisotopic (exact) mass is 332 g/mol. The van der Waals surface area contributed by atoms with Gasteiger partial charge in [-0.1, -0.05) is 24.4 Å². The molecule has 0 radical (unpaired) electrons. The number of rotatable bonds is 3. The van der Waals surface area contributed by atoms with Crippen LogP contribution in [-0.2, 0) is 0 Å². The lowest BCUT2D eigenvalue weighted by Crippen LogP contribution is -2.46. The van der Waals surface area contributed by atoms with Crippen molar-refractivity contribution in [1.82, 2.24) is 10.2 Å². The van der Waals surface area contributed by atoms with Crippen LogP contribution >= 0.6 is 24.0 Å². The third kappa shape index (κ3) is 3.89. The fraction of sp³-hybridized carbons (Fsp3) is 0.625. The van der Waals surface area contributed by atoms with E-state index in [-0.39, 0.29) is 24.3 Å². The third-order valence-electron chi connectivity index (χ3n) is 4.67. The Bertz CT molecular complexity index is 458. The van der Waals surface area contributed by atoms with Crippen LogP contribution in [0.4, 0.5) is 4.39 Å². The van der Waals surface area contributed by atoms with E-state index in [0.29, 0.717) is 10.9 Å². The summed E-state index contributed by atoms with van der Waals surface area (Å²) >= 11 is 6.11. The van der Waals surface area contributed by atoms with Crippen LogP contribution in [0.2, 0.25) is 5.02 Å². The summed E-state index contributed by atoms with van der Waals surface area (Å²) < 4.78 is 14.3. The van der Waals surface area contributed by atoms with Crippen LogP contribution in [0.3, 0.4) is 0 Å². The standard InChI is InChI=1S/C16H22ClFN2.ClH/c17-13-5-6-15(18)14(11-13)16(12-3-1-2-4-12)20-9-7-19-8-10-20;/h5-6,11-12,16,19H,1-4,7-10H2;1H/t16-;/m1./s1. The highest BCUT2D eigenvalue weighted by Gasteiger charge is 2.33. The van der Waals surface area contributed by atoms with Gasteiger partial charge in [0.25, 0.3) is 0 Å². The van der Waals surface area contributed by atoms with Gasteiger partial charge >= 0.3 is 0 Å². The number of hydrogen-bond acceptors (Lipinski definition) is 2. The van der Waals surface area contributed by atoms with Crippen molar-refractivity contribution in [2.75, 3.05) is 26.2 Å². The topological polar surface area (TPSA) is 15.3 Å². The van der Waals surface area contributed by atoms with Crippen LogP contribution < -0.4 is 5.32 Å². The molecule has 1 aromatic carbocycles. The molecule has 3 rings (SSSR count). The second-order valence-corrected chi connectivity index (χ2v) is 6.38. The van der Waals surface area contributed by atoms with E-state index in [1.165, 1.54) is 31.7 Å². The van der Waals surface area contributed by atoms with E-state index in [1.807, 2.05) is 6.07 Å². The highest BCUT2D eigenvalue weighted by molar-refractivity contribution is 6.30. The smallest absolute Gasteiger partial charge is 0.128 e. The maximum absolute atomic E-state index is 14.3. The van der Waals surface area contributed by atoms with Crippen molar-refractivity contribution in [1.29, 1.82) is 0 Å². The molecule has 1 aliphatic carbocycles. The lowest BCUT2D eigenvalue weighted by Gasteiger charge is -2.38. The number of piperazine rings is 1. The summed E-state index contributed by atoms with van der Waals surface area (Å²) in [6.45, 7) is 3.97. The Morgan fingerprint density at radius 3 is 2.52 bits per heavy atom. The van der Waals surface area contributed by atoms with Crippen LogP contribution in [0.1, 0.15) is 37.3 Å². The van der Waals surface area contributed by atoms with Gasteiger partial charge in [-0.25, -0.2) is 4.39 Å². The molecule has 0 aromatic heterocycles. The van der Waals surface area contributed by atoms with Gasteiger partial charge in [-0.2, -0.15) is 0 Å².